The third kappa shape index (κ3) is 4.70. The van der Waals surface area contributed by atoms with E-state index in [2.05, 4.69) is 31.4 Å². The highest BCUT2D eigenvalue weighted by molar-refractivity contribution is 9.10. The third-order valence-electron chi connectivity index (χ3n) is 3.97. The van der Waals surface area contributed by atoms with Gasteiger partial charge in [0.25, 0.3) is 5.91 Å². The van der Waals surface area contributed by atoms with Gasteiger partial charge in [0.15, 0.2) is 0 Å². The molecule has 4 aromatic rings. The lowest BCUT2D eigenvalue weighted by molar-refractivity contribution is 0.103. The highest BCUT2D eigenvalue weighted by atomic mass is 79.9. The second kappa shape index (κ2) is 8.30. The van der Waals surface area contributed by atoms with Crippen molar-refractivity contribution in [3.8, 4) is 0 Å². The van der Waals surface area contributed by atoms with Gasteiger partial charge in [-0.05, 0) is 34.7 Å². The third-order valence-corrected chi connectivity index (χ3v) is 5.67. The number of rotatable bonds is 6. The molecule has 3 heterocycles. The Labute approximate surface area is 178 Å². The van der Waals surface area contributed by atoms with Crippen LogP contribution in [0.2, 0.25) is 5.02 Å². The first-order valence-corrected chi connectivity index (χ1v) is 10.4. The molecule has 142 valence electrons. The zero-order valence-corrected chi connectivity index (χ0v) is 17.7. The summed E-state index contributed by atoms with van der Waals surface area (Å²) in [7, 11) is 0. The lowest BCUT2D eigenvalue weighted by Crippen LogP contribution is -2.09. The number of carbonyl (C=O) groups is 1. The van der Waals surface area contributed by atoms with E-state index in [-0.39, 0.29) is 5.91 Å². The largest absolute Gasteiger partial charge is 0.319 e. The summed E-state index contributed by atoms with van der Waals surface area (Å²) in [4.78, 5) is 13.1. The quantitative estimate of drug-likeness (QED) is 0.430. The van der Waals surface area contributed by atoms with E-state index in [0.29, 0.717) is 28.7 Å². The molecule has 0 bridgehead atoms. The highest BCUT2D eigenvalue weighted by Crippen LogP contribution is 2.19. The summed E-state index contributed by atoms with van der Waals surface area (Å²) in [5.74, 6) is -0.155. The summed E-state index contributed by atoms with van der Waals surface area (Å²) in [6.07, 6.45) is 6.81. The zero-order chi connectivity index (χ0) is 19.5. The van der Waals surface area contributed by atoms with E-state index in [1.165, 1.54) is 11.3 Å². The SMILES string of the molecule is O=C(Nc1cnn(Cc2ccc(Br)cc2)c1)c1cc(Cn2cc(Cl)cn2)cs1. The van der Waals surface area contributed by atoms with Gasteiger partial charge in [0, 0.05) is 16.9 Å². The van der Waals surface area contributed by atoms with Gasteiger partial charge in [-0.3, -0.25) is 14.2 Å². The number of halogens is 2. The van der Waals surface area contributed by atoms with Crippen LogP contribution in [0.25, 0.3) is 0 Å². The molecule has 0 aliphatic carbocycles. The molecule has 28 heavy (non-hydrogen) atoms. The van der Waals surface area contributed by atoms with Gasteiger partial charge < -0.3 is 5.32 Å². The van der Waals surface area contributed by atoms with E-state index in [4.69, 9.17) is 11.6 Å². The van der Waals surface area contributed by atoms with Crippen molar-refractivity contribution in [2.24, 2.45) is 0 Å². The molecule has 9 heteroatoms. The molecule has 1 amide bonds. The van der Waals surface area contributed by atoms with E-state index in [1.54, 1.807) is 28.0 Å². The maximum Gasteiger partial charge on any atom is 0.265 e. The van der Waals surface area contributed by atoms with Crippen molar-refractivity contribution in [1.82, 2.24) is 19.6 Å². The van der Waals surface area contributed by atoms with Gasteiger partial charge in [0.05, 0.1) is 41.1 Å². The molecule has 6 nitrogen and oxygen atoms in total. The van der Waals surface area contributed by atoms with Crippen LogP contribution in [0.1, 0.15) is 20.8 Å². The number of nitrogens with one attached hydrogen (secondary N) is 1. The molecular formula is C19H15BrClN5OS. The zero-order valence-electron chi connectivity index (χ0n) is 14.5. The van der Waals surface area contributed by atoms with Gasteiger partial charge in [-0.2, -0.15) is 10.2 Å². The summed E-state index contributed by atoms with van der Waals surface area (Å²) >= 11 is 10.7. The van der Waals surface area contributed by atoms with Gasteiger partial charge in [0.2, 0.25) is 0 Å². The fourth-order valence-corrected chi connectivity index (χ4v) is 3.89. The number of benzene rings is 1. The van der Waals surface area contributed by atoms with Crippen molar-refractivity contribution in [3.05, 3.63) is 86.0 Å². The number of hydrogen-bond donors (Lipinski definition) is 1. The predicted octanol–water partition coefficient (Wildman–Crippen LogP) is 4.91. The fraction of sp³-hybridized carbons (Fsp3) is 0.105. The van der Waals surface area contributed by atoms with Crippen molar-refractivity contribution in [2.75, 3.05) is 5.32 Å². The van der Waals surface area contributed by atoms with E-state index >= 15 is 0 Å². The van der Waals surface area contributed by atoms with Crippen LogP contribution in [-0.4, -0.2) is 25.5 Å². The Bertz CT molecular complexity index is 1100. The maximum atomic E-state index is 12.5. The lowest BCUT2D eigenvalue weighted by atomic mass is 10.2. The number of anilines is 1. The van der Waals surface area contributed by atoms with Crippen molar-refractivity contribution >= 4 is 50.5 Å². The smallest absolute Gasteiger partial charge is 0.265 e. The van der Waals surface area contributed by atoms with Crippen LogP contribution < -0.4 is 5.32 Å². The van der Waals surface area contributed by atoms with Crippen molar-refractivity contribution in [1.29, 1.82) is 0 Å². The Morgan fingerprint density at radius 3 is 2.54 bits per heavy atom. The minimum atomic E-state index is -0.155. The number of amides is 1. The first kappa shape index (κ1) is 18.9. The van der Waals surface area contributed by atoms with Crippen LogP contribution >= 0.6 is 38.9 Å². The van der Waals surface area contributed by atoms with E-state index in [0.717, 1.165) is 15.6 Å². The second-order valence-corrected chi connectivity index (χ2v) is 8.45. The lowest BCUT2D eigenvalue weighted by Gasteiger charge is -2.02. The molecule has 0 saturated heterocycles. The van der Waals surface area contributed by atoms with Gasteiger partial charge >= 0.3 is 0 Å². The summed E-state index contributed by atoms with van der Waals surface area (Å²) < 4.78 is 4.56. The van der Waals surface area contributed by atoms with Crippen LogP contribution in [-0.2, 0) is 13.1 Å². The van der Waals surface area contributed by atoms with Gasteiger partial charge in [-0.15, -0.1) is 11.3 Å². The monoisotopic (exact) mass is 475 g/mol. The topological polar surface area (TPSA) is 64.7 Å². The van der Waals surface area contributed by atoms with E-state index in [9.17, 15) is 4.79 Å². The Hall–Kier alpha value is -2.42. The first-order chi connectivity index (χ1) is 13.5. The number of hydrogen-bond acceptors (Lipinski definition) is 4. The molecule has 3 aromatic heterocycles. The average molecular weight is 477 g/mol. The molecule has 0 aliphatic heterocycles. The van der Waals surface area contributed by atoms with Gasteiger partial charge in [0.1, 0.15) is 0 Å². The van der Waals surface area contributed by atoms with E-state index < -0.39 is 0 Å². The molecule has 0 spiro atoms. The molecule has 0 saturated carbocycles. The summed E-state index contributed by atoms with van der Waals surface area (Å²) in [6, 6.07) is 9.91. The van der Waals surface area contributed by atoms with Crippen molar-refractivity contribution < 1.29 is 4.79 Å². The molecule has 1 N–H and O–H groups in total. The molecule has 1 aromatic carbocycles. The highest BCUT2D eigenvalue weighted by Gasteiger charge is 2.11. The summed E-state index contributed by atoms with van der Waals surface area (Å²) in [5, 5.41) is 13.9. The second-order valence-electron chi connectivity index (χ2n) is 6.18. The van der Waals surface area contributed by atoms with Gasteiger partial charge in [-0.1, -0.05) is 39.7 Å². The number of carbonyl (C=O) groups excluding carboxylic acids is 1. The average Bonchev–Trinajstić information content (AvgIpc) is 3.40. The molecule has 0 aliphatic rings. The molecule has 0 radical (unpaired) electrons. The van der Waals surface area contributed by atoms with Crippen LogP contribution in [0.15, 0.2) is 65.0 Å². The summed E-state index contributed by atoms with van der Waals surface area (Å²) in [5.41, 5.74) is 2.79. The van der Waals surface area contributed by atoms with Crippen LogP contribution in [0.4, 0.5) is 5.69 Å². The first-order valence-electron chi connectivity index (χ1n) is 8.39. The summed E-state index contributed by atoms with van der Waals surface area (Å²) in [6.45, 7) is 1.21. The van der Waals surface area contributed by atoms with E-state index in [1.807, 2.05) is 41.9 Å². The standard InChI is InChI=1S/C19H15BrClN5OS/c20-15-3-1-13(2-4-15)8-26-11-17(7-23-26)24-19(27)18-5-14(12-28-18)9-25-10-16(21)6-22-25/h1-7,10-12H,8-9H2,(H,24,27). The Morgan fingerprint density at radius 2 is 1.79 bits per heavy atom. The maximum absolute atomic E-state index is 12.5. The van der Waals surface area contributed by atoms with Crippen molar-refractivity contribution in [2.45, 2.75) is 13.1 Å². The Balaban J connectivity index is 1.37. The molecule has 0 fully saturated rings. The Morgan fingerprint density at radius 1 is 1.07 bits per heavy atom. The van der Waals surface area contributed by atoms with Crippen molar-refractivity contribution in [3.63, 3.8) is 0 Å². The number of aromatic nitrogens is 4. The fourth-order valence-electron chi connectivity index (χ4n) is 2.67. The number of nitrogens with zero attached hydrogens (tertiary/aromatic N) is 4. The minimum Gasteiger partial charge on any atom is -0.319 e. The predicted molar refractivity (Wildman–Crippen MR) is 114 cm³/mol. The molecular weight excluding hydrogens is 462 g/mol. The molecule has 0 unspecified atom stereocenters. The van der Waals surface area contributed by atoms with Crippen LogP contribution in [0, 0.1) is 0 Å². The number of thiophene rings is 1. The molecule has 4 rings (SSSR count). The minimum absolute atomic E-state index is 0.155. The van der Waals surface area contributed by atoms with Crippen LogP contribution in [0.5, 0.6) is 0 Å². The molecule has 0 atom stereocenters. The Kier molecular flexibility index (Phi) is 5.61. The van der Waals surface area contributed by atoms with Gasteiger partial charge in [-0.25, -0.2) is 0 Å². The van der Waals surface area contributed by atoms with Crippen LogP contribution in [0.3, 0.4) is 0 Å². The normalized spacial score (nSPS) is 10.9.